The molecule has 1 saturated heterocycles. The van der Waals surface area contributed by atoms with Crippen LogP contribution >= 0.6 is 0 Å². The second kappa shape index (κ2) is 10.3. The highest BCUT2D eigenvalue weighted by Crippen LogP contribution is 2.41. The Kier molecular flexibility index (Phi) is 9.15. The van der Waals surface area contributed by atoms with Gasteiger partial charge in [-0.3, -0.25) is 4.79 Å². The average molecular weight is 328 g/mol. The minimum Gasteiger partial charge on any atom is -0.469 e. The summed E-state index contributed by atoms with van der Waals surface area (Å²) in [5, 5.41) is 0. The lowest BCUT2D eigenvalue weighted by atomic mass is 9.76. The molecule has 0 saturated carbocycles. The van der Waals surface area contributed by atoms with Crippen molar-refractivity contribution in [2.24, 2.45) is 11.8 Å². The second-order valence-electron chi connectivity index (χ2n) is 7.03. The van der Waals surface area contributed by atoms with E-state index in [-0.39, 0.29) is 24.1 Å². The fourth-order valence-corrected chi connectivity index (χ4v) is 3.68. The Balaban J connectivity index is 2.71. The van der Waals surface area contributed by atoms with Gasteiger partial charge in [-0.05, 0) is 31.1 Å². The summed E-state index contributed by atoms with van der Waals surface area (Å²) in [6.07, 6.45) is 9.06. The smallest absolute Gasteiger partial charge is 0.308 e. The zero-order valence-electron chi connectivity index (χ0n) is 15.7. The van der Waals surface area contributed by atoms with Gasteiger partial charge in [0.25, 0.3) is 0 Å². The topological polar surface area (TPSA) is 44.8 Å². The minimum absolute atomic E-state index is 0.178. The van der Waals surface area contributed by atoms with E-state index in [1.54, 1.807) is 0 Å². The highest BCUT2D eigenvalue weighted by atomic mass is 17.2. The van der Waals surface area contributed by atoms with Gasteiger partial charge in [-0.15, -0.1) is 0 Å². The summed E-state index contributed by atoms with van der Waals surface area (Å²) in [6.45, 7) is 8.86. The Bertz CT molecular complexity index is 344. The average Bonchev–Trinajstić information content (AvgIpc) is 2.59. The van der Waals surface area contributed by atoms with Crippen LogP contribution in [-0.4, -0.2) is 24.8 Å². The van der Waals surface area contributed by atoms with Crippen molar-refractivity contribution in [3.63, 3.8) is 0 Å². The van der Waals surface area contributed by atoms with Crippen molar-refractivity contribution in [2.75, 3.05) is 7.11 Å². The van der Waals surface area contributed by atoms with Gasteiger partial charge in [-0.1, -0.05) is 59.8 Å². The molecule has 0 aromatic heterocycles. The van der Waals surface area contributed by atoms with Crippen LogP contribution < -0.4 is 0 Å². The zero-order valence-corrected chi connectivity index (χ0v) is 15.7. The number of methoxy groups -OCH3 is 1. The molecular weight excluding hydrogens is 292 g/mol. The van der Waals surface area contributed by atoms with Crippen LogP contribution in [0.2, 0.25) is 0 Å². The van der Waals surface area contributed by atoms with Crippen molar-refractivity contribution in [1.82, 2.24) is 0 Å². The molecule has 0 aromatic carbocycles. The Hall–Kier alpha value is -0.610. The molecule has 1 aliphatic rings. The van der Waals surface area contributed by atoms with Crippen molar-refractivity contribution in [2.45, 2.75) is 97.2 Å². The first-order chi connectivity index (χ1) is 11.0. The van der Waals surface area contributed by atoms with Crippen molar-refractivity contribution in [3.8, 4) is 0 Å². The van der Waals surface area contributed by atoms with Crippen LogP contribution in [0.3, 0.4) is 0 Å². The van der Waals surface area contributed by atoms with Crippen LogP contribution in [0.25, 0.3) is 0 Å². The highest BCUT2D eigenvalue weighted by molar-refractivity contribution is 5.69. The highest BCUT2D eigenvalue weighted by Gasteiger charge is 2.43. The molecule has 0 aliphatic carbocycles. The summed E-state index contributed by atoms with van der Waals surface area (Å²) >= 11 is 0. The van der Waals surface area contributed by atoms with Crippen molar-refractivity contribution >= 4 is 5.97 Å². The van der Waals surface area contributed by atoms with Crippen molar-refractivity contribution in [1.29, 1.82) is 0 Å². The first-order valence-electron chi connectivity index (χ1n) is 9.45. The lowest BCUT2D eigenvalue weighted by Gasteiger charge is -2.44. The monoisotopic (exact) mass is 328 g/mol. The molecule has 4 heteroatoms. The van der Waals surface area contributed by atoms with Crippen LogP contribution in [0.1, 0.15) is 85.5 Å². The number of esters is 1. The third-order valence-corrected chi connectivity index (χ3v) is 5.48. The van der Waals surface area contributed by atoms with Gasteiger partial charge in [0, 0.05) is 0 Å². The van der Waals surface area contributed by atoms with Crippen LogP contribution in [0, 0.1) is 11.8 Å². The van der Waals surface area contributed by atoms with Gasteiger partial charge in [0.15, 0.2) is 0 Å². The van der Waals surface area contributed by atoms with Crippen LogP contribution in [-0.2, 0) is 19.3 Å². The zero-order chi connectivity index (χ0) is 17.3. The maximum Gasteiger partial charge on any atom is 0.308 e. The molecule has 1 aliphatic heterocycles. The largest absolute Gasteiger partial charge is 0.469 e. The molecule has 4 nitrogen and oxygen atoms in total. The molecular formula is C19H36O4. The molecule has 1 rings (SSSR count). The van der Waals surface area contributed by atoms with E-state index in [9.17, 15) is 4.79 Å². The number of unbranched alkanes of at least 4 members (excludes halogenated alkanes) is 1. The Morgan fingerprint density at radius 2 is 2.04 bits per heavy atom. The molecule has 1 heterocycles. The summed E-state index contributed by atoms with van der Waals surface area (Å²) in [5.41, 5.74) is -0.193. The van der Waals surface area contributed by atoms with Gasteiger partial charge in [0.1, 0.15) is 11.7 Å². The number of carbonyl (C=O) groups excluding carboxylic acids is 1. The molecule has 0 aromatic rings. The van der Waals surface area contributed by atoms with Crippen molar-refractivity contribution < 1.29 is 19.3 Å². The van der Waals surface area contributed by atoms with Crippen LogP contribution in [0.4, 0.5) is 0 Å². The lowest BCUT2D eigenvalue weighted by Crippen LogP contribution is -2.46. The predicted octanol–water partition coefficient (Wildman–Crippen LogP) is 5.05. The van der Waals surface area contributed by atoms with E-state index < -0.39 is 0 Å². The molecule has 136 valence electrons. The molecule has 0 N–H and O–H groups in total. The quantitative estimate of drug-likeness (QED) is 0.416. The van der Waals surface area contributed by atoms with Crippen LogP contribution in [0.5, 0.6) is 0 Å². The third kappa shape index (κ3) is 6.07. The Labute approximate surface area is 142 Å². The first-order valence-corrected chi connectivity index (χ1v) is 9.45. The maximum atomic E-state index is 11.6. The molecule has 1 fully saturated rings. The van der Waals surface area contributed by atoms with Gasteiger partial charge in [0.05, 0.1) is 13.5 Å². The van der Waals surface area contributed by atoms with E-state index in [1.807, 2.05) is 0 Å². The van der Waals surface area contributed by atoms with Crippen LogP contribution in [0.15, 0.2) is 0 Å². The lowest BCUT2D eigenvalue weighted by molar-refractivity contribution is -0.424. The SMILES string of the molecule is CCCC[C@H](CC)C[C@@]1(CC)C[C@H](CC)[C@@H](CC(=O)OC)OO1. The number of rotatable bonds is 10. The summed E-state index contributed by atoms with van der Waals surface area (Å²) in [4.78, 5) is 23.2. The third-order valence-electron chi connectivity index (χ3n) is 5.48. The maximum absolute atomic E-state index is 11.6. The molecule has 23 heavy (non-hydrogen) atoms. The number of ether oxygens (including phenoxy) is 1. The Morgan fingerprint density at radius 1 is 1.30 bits per heavy atom. The molecule has 0 radical (unpaired) electrons. The summed E-state index contributed by atoms with van der Waals surface area (Å²) in [6, 6.07) is 0. The summed E-state index contributed by atoms with van der Waals surface area (Å²) in [5.74, 6) is 0.815. The van der Waals surface area contributed by atoms with E-state index in [2.05, 4.69) is 27.7 Å². The van der Waals surface area contributed by atoms with Gasteiger partial charge in [-0.25, -0.2) is 9.78 Å². The fraction of sp³-hybridized carbons (Fsp3) is 0.947. The summed E-state index contributed by atoms with van der Waals surface area (Å²) < 4.78 is 4.78. The van der Waals surface area contributed by atoms with Gasteiger partial charge in [-0.2, -0.15) is 0 Å². The number of carbonyl (C=O) groups is 1. The van der Waals surface area contributed by atoms with Gasteiger partial charge < -0.3 is 4.74 Å². The second-order valence-corrected chi connectivity index (χ2v) is 7.03. The summed E-state index contributed by atoms with van der Waals surface area (Å²) in [7, 11) is 1.42. The first kappa shape index (κ1) is 20.4. The standard InChI is InChI=1S/C19H36O4/c1-6-10-11-15(7-2)13-19(9-4)14-16(8-3)17(22-23-19)12-18(20)21-5/h15-17H,6-14H2,1-5H3/t15-,16-,17+,19-/m0/s1. The van der Waals surface area contributed by atoms with Gasteiger partial charge >= 0.3 is 5.97 Å². The van der Waals surface area contributed by atoms with Gasteiger partial charge in [0.2, 0.25) is 0 Å². The van der Waals surface area contributed by atoms with E-state index in [0.717, 1.165) is 25.7 Å². The minimum atomic E-state index is -0.226. The molecule has 0 bridgehead atoms. The van der Waals surface area contributed by atoms with Crippen molar-refractivity contribution in [3.05, 3.63) is 0 Å². The van der Waals surface area contributed by atoms with E-state index in [0.29, 0.717) is 11.8 Å². The van der Waals surface area contributed by atoms with E-state index in [1.165, 1.54) is 32.8 Å². The predicted molar refractivity (Wildman–Crippen MR) is 91.9 cm³/mol. The molecule has 0 unspecified atom stereocenters. The normalized spacial score (nSPS) is 29.3. The number of hydrogen-bond donors (Lipinski definition) is 0. The molecule has 0 amide bonds. The molecule has 4 atom stereocenters. The van der Waals surface area contributed by atoms with E-state index in [4.69, 9.17) is 14.5 Å². The fourth-order valence-electron chi connectivity index (χ4n) is 3.68. The Morgan fingerprint density at radius 3 is 2.57 bits per heavy atom. The van der Waals surface area contributed by atoms with E-state index >= 15 is 0 Å². The number of hydrogen-bond acceptors (Lipinski definition) is 4. The molecule has 0 spiro atoms.